The number of nitrogens with one attached hydrogen (secondary N) is 1. The lowest BCUT2D eigenvalue weighted by Gasteiger charge is -2.17. The first-order valence-corrected chi connectivity index (χ1v) is 12.3. The average Bonchev–Trinajstić information content (AvgIpc) is 2.49. The van der Waals surface area contributed by atoms with Crippen molar-refractivity contribution in [2.45, 2.75) is 17.8 Å². The summed E-state index contributed by atoms with van der Waals surface area (Å²) in [5.74, 6) is 0. The van der Waals surface area contributed by atoms with E-state index in [0.717, 1.165) is 17.8 Å². The summed E-state index contributed by atoms with van der Waals surface area (Å²) in [4.78, 5) is 0.387. The van der Waals surface area contributed by atoms with Gasteiger partial charge in [-0.1, -0.05) is 69.8 Å². The molecule has 2 rings (SSSR count). The molecule has 0 saturated carbocycles. The number of anilines is 1. The largest absolute Gasteiger partial charge is 0.311 e. The zero-order valence-electron chi connectivity index (χ0n) is 12.8. The lowest BCUT2D eigenvalue weighted by molar-refractivity contribution is 0.597. The van der Waals surface area contributed by atoms with Crippen LogP contribution in [0.2, 0.25) is 10.0 Å². The highest BCUT2D eigenvalue weighted by Crippen LogP contribution is 2.41. The van der Waals surface area contributed by atoms with Gasteiger partial charge in [-0.3, -0.25) is 4.72 Å². The van der Waals surface area contributed by atoms with Crippen LogP contribution in [0, 0.1) is 0 Å². The molecule has 0 aliphatic rings. The van der Waals surface area contributed by atoms with Gasteiger partial charge in [-0.15, -0.1) is 0 Å². The van der Waals surface area contributed by atoms with Crippen LogP contribution in [0.4, 0.5) is 5.69 Å². The van der Waals surface area contributed by atoms with Crippen molar-refractivity contribution in [2.75, 3.05) is 4.72 Å². The molecule has 2 aromatic carbocycles. The summed E-state index contributed by atoms with van der Waals surface area (Å²) < 4.78 is 46.9. The highest BCUT2D eigenvalue weighted by molar-refractivity contribution is 8.00. The van der Waals surface area contributed by atoms with E-state index in [-0.39, 0.29) is 20.5 Å². The molecule has 0 spiro atoms. The molecule has 0 atom stereocenters. The minimum absolute atomic E-state index is 0.0373. The minimum Gasteiger partial charge on any atom is -0.279 e. The summed E-state index contributed by atoms with van der Waals surface area (Å²) >= 11 is 29.3. The third-order valence-electron chi connectivity index (χ3n) is 2.94. The Labute approximate surface area is 185 Å². The molecule has 0 saturated heterocycles. The fraction of sp³-hybridized carbons (Fsp3) is 0.0769. The van der Waals surface area contributed by atoms with Crippen LogP contribution in [-0.4, -0.2) is 20.0 Å². The van der Waals surface area contributed by atoms with Gasteiger partial charge in [-0.05, 0) is 36.4 Å². The van der Waals surface area contributed by atoms with Crippen molar-refractivity contribution in [1.82, 2.24) is 0 Å². The van der Waals surface area contributed by atoms with Gasteiger partial charge in [0.1, 0.15) is 0 Å². The fourth-order valence-electron chi connectivity index (χ4n) is 1.73. The molecule has 0 aromatic heterocycles. The summed E-state index contributed by atoms with van der Waals surface area (Å²) in [6, 6.07) is 8.07. The number of sulfonamides is 2. The standard InChI is InChI=1S/C13H9Cl5N2O4S3/c14-7-1-4-11(9(15)5-7)25-12-6-8(26(19,21)22)2-3-10(12)20-27(23,24)13(16,17)18/h1-6,20H,(H2,19,21,22). The predicted octanol–water partition coefficient (Wildman–Crippen LogP) is 4.86. The van der Waals surface area contributed by atoms with Crippen molar-refractivity contribution in [2.24, 2.45) is 5.14 Å². The van der Waals surface area contributed by atoms with Gasteiger partial charge in [0.05, 0.1) is 15.6 Å². The molecule has 0 heterocycles. The normalized spacial score (nSPS) is 12.8. The Bertz CT molecular complexity index is 1090. The zero-order chi connectivity index (χ0) is 20.6. The number of hydrogen-bond acceptors (Lipinski definition) is 5. The third kappa shape index (κ3) is 5.94. The molecule has 3 N–H and O–H groups in total. The summed E-state index contributed by atoms with van der Waals surface area (Å²) in [7, 11) is -8.48. The molecule has 148 valence electrons. The monoisotopic (exact) mass is 528 g/mol. The highest BCUT2D eigenvalue weighted by Gasteiger charge is 2.38. The van der Waals surface area contributed by atoms with Gasteiger partial charge in [-0.2, -0.15) is 0 Å². The Hall–Kier alpha value is -0.100. The molecule has 0 unspecified atom stereocenters. The Kier molecular flexibility index (Phi) is 7.15. The van der Waals surface area contributed by atoms with E-state index in [9.17, 15) is 16.8 Å². The summed E-state index contributed by atoms with van der Waals surface area (Å²) in [6.07, 6.45) is 0. The maximum absolute atomic E-state index is 12.1. The molecule has 0 radical (unpaired) electrons. The van der Waals surface area contributed by atoms with Crippen LogP contribution in [0.5, 0.6) is 0 Å². The van der Waals surface area contributed by atoms with Crippen molar-refractivity contribution < 1.29 is 16.8 Å². The predicted molar refractivity (Wildman–Crippen MR) is 111 cm³/mol. The van der Waals surface area contributed by atoms with Crippen LogP contribution in [0.25, 0.3) is 0 Å². The van der Waals surface area contributed by atoms with Crippen LogP contribution >= 0.6 is 69.8 Å². The lowest BCUT2D eigenvalue weighted by Crippen LogP contribution is -2.27. The van der Waals surface area contributed by atoms with Gasteiger partial charge < -0.3 is 0 Å². The fourth-order valence-corrected chi connectivity index (χ4v) is 4.81. The first kappa shape index (κ1) is 23.2. The van der Waals surface area contributed by atoms with Crippen molar-refractivity contribution in [3.8, 4) is 0 Å². The van der Waals surface area contributed by atoms with E-state index in [0.29, 0.717) is 9.92 Å². The van der Waals surface area contributed by atoms with E-state index in [4.69, 9.17) is 63.1 Å². The number of alkyl halides is 3. The van der Waals surface area contributed by atoms with Crippen molar-refractivity contribution in [1.29, 1.82) is 0 Å². The smallest absolute Gasteiger partial charge is 0.279 e. The second kappa shape index (κ2) is 8.33. The maximum atomic E-state index is 12.1. The van der Waals surface area contributed by atoms with Crippen LogP contribution in [0.15, 0.2) is 51.1 Å². The van der Waals surface area contributed by atoms with Crippen molar-refractivity contribution in [3.05, 3.63) is 46.4 Å². The first-order chi connectivity index (χ1) is 12.2. The maximum Gasteiger partial charge on any atom is 0.311 e. The number of hydrogen-bond donors (Lipinski definition) is 2. The van der Waals surface area contributed by atoms with Crippen molar-refractivity contribution in [3.63, 3.8) is 0 Å². The summed E-state index contributed by atoms with van der Waals surface area (Å²) in [5, 5.41) is 5.79. The number of nitrogens with two attached hydrogens (primary N) is 1. The highest BCUT2D eigenvalue weighted by atomic mass is 35.6. The number of benzene rings is 2. The van der Waals surface area contributed by atoms with Gasteiger partial charge in [0.2, 0.25) is 10.0 Å². The second-order valence-electron chi connectivity index (χ2n) is 4.93. The van der Waals surface area contributed by atoms with Gasteiger partial charge in [0.25, 0.3) is 10.0 Å². The summed E-state index contributed by atoms with van der Waals surface area (Å²) in [6.45, 7) is 0. The van der Waals surface area contributed by atoms with E-state index < -0.39 is 23.2 Å². The van der Waals surface area contributed by atoms with Gasteiger partial charge in [0.15, 0.2) is 0 Å². The van der Waals surface area contributed by atoms with E-state index in [2.05, 4.69) is 4.72 Å². The van der Waals surface area contributed by atoms with Crippen LogP contribution in [0.3, 0.4) is 0 Å². The average molecular weight is 531 g/mol. The molecule has 0 aliphatic heterocycles. The van der Waals surface area contributed by atoms with E-state index in [1.807, 2.05) is 0 Å². The molecule has 14 heteroatoms. The van der Waals surface area contributed by atoms with Crippen LogP contribution in [0.1, 0.15) is 0 Å². The van der Waals surface area contributed by atoms with E-state index in [1.165, 1.54) is 18.2 Å². The number of primary sulfonamides is 1. The van der Waals surface area contributed by atoms with Gasteiger partial charge >= 0.3 is 3.12 Å². The third-order valence-corrected chi connectivity index (χ3v) is 8.58. The lowest BCUT2D eigenvalue weighted by atomic mass is 10.3. The molecule has 0 amide bonds. The molecule has 0 aliphatic carbocycles. The SMILES string of the molecule is NS(=O)(=O)c1ccc(NS(=O)(=O)C(Cl)(Cl)Cl)c(Sc2ccc(Cl)cc2Cl)c1. The topological polar surface area (TPSA) is 106 Å². The molecular formula is C13H9Cl5N2O4S3. The van der Waals surface area contributed by atoms with Gasteiger partial charge in [-0.25, -0.2) is 22.0 Å². The van der Waals surface area contributed by atoms with Crippen LogP contribution in [-0.2, 0) is 20.0 Å². The minimum atomic E-state index is -4.43. The van der Waals surface area contributed by atoms with Crippen LogP contribution < -0.4 is 9.86 Å². The van der Waals surface area contributed by atoms with E-state index in [1.54, 1.807) is 12.1 Å². The molecule has 2 aromatic rings. The van der Waals surface area contributed by atoms with E-state index >= 15 is 0 Å². The Morgan fingerprint density at radius 2 is 1.56 bits per heavy atom. The molecule has 0 bridgehead atoms. The van der Waals surface area contributed by atoms with Crippen molar-refractivity contribution >= 4 is 95.5 Å². The number of halogens is 5. The molecule has 0 fully saturated rings. The Morgan fingerprint density at radius 3 is 2.07 bits per heavy atom. The Morgan fingerprint density at radius 1 is 0.926 bits per heavy atom. The molecular weight excluding hydrogens is 522 g/mol. The van der Waals surface area contributed by atoms with Gasteiger partial charge in [0, 0.05) is 14.8 Å². The quantitative estimate of drug-likeness (QED) is 0.537. The Balaban J connectivity index is 2.57. The molecule has 27 heavy (non-hydrogen) atoms. The zero-order valence-corrected chi connectivity index (χ0v) is 19.0. The second-order valence-corrected chi connectivity index (χ2v) is 13.2. The molecule has 6 nitrogen and oxygen atoms in total. The first-order valence-electron chi connectivity index (χ1n) is 6.59. The summed E-state index contributed by atoms with van der Waals surface area (Å²) in [5.41, 5.74) is -0.0373. The number of rotatable bonds is 5.